The number of hydrogen-bond acceptors (Lipinski definition) is 6. The normalized spacial score (nSPS) is 26.7. The molecule has 0 bridgehead atoms. The fourth-order valence-corrected chi connectivity index (χ4v) is 6.61. The minimum atomic E-state index is -2.76. The van der Waals surface area contributed by atoms with Crippen molar-refractivity contribution in [3.63, 3.8) is 0 Å². The van der Waals surface area contributed by atoms with Gasteiger partial charge in [0, 0.05) is 44.0 Å². The van der Waals surface area contributed by atoms with Gasteiger partial charge in [-0.2, -0.15) is 0 Å². The van der Waals surface area contributed by atoms with Gasteiger partial charge in [0.15, 0.2) is 0 Å². The Kier molecular flexibility index (Phi) is 11.8. The lowest BCUT2D eigenvalue weighted by Gasteiger charge is -2.45. The van der Waals surface area contributed by atoms with Gasteiger partial charge in [0.1, 0.15) is 17.8 Å². The highest BCUT2D eigenvalue weighted by Gasteiger charge is 2.47. The Hall–Kier alpha value is -2.21. The maximum absolute atomic E-state index is 14.3. The summed E-state index contributed by atoms with van der Waals surface area (Å²) in [5.41, 5.74) is 0.907. The molecule has 13 heteroatoms. The monoisotopic (exact) mass is 633 g/mol. The largest absolute Gasteiger partial charge is 0.493 e. The maximum atomic E-state index is 14.3. The Morgan fingerprint density at radius 1 is 1.05 bits per heavy atom. The molecule has 9 nitrogen and oxygen atoms in total. The number of alkyl halides is 2. The number of piperazine rings is 1. The van der Waals surface area contributed by atoms with Crippen molar-refractivity contribution in [1.82, 2.24) is 25.8 Å². The van der Waals surface area contributed by atoms with E-state index in [1.54, 1.807) is 18.9 Å². The highest BCUT2D eigenvalue weighted by molar-refractivity contribution is 5.93. The molecule has 1 aromatic rings. The third-order valence-electron chi connectivity index (χ3n) is 9.17. The lowest BCUT2D eigenvalue weighted by Crippen LogP contribution is -2.66. The number of amides is 3. The summed E-state index contributed by atoms with van der Waals surface area (Å²) in [6.45, 7) is 3.81. The van der Waals surface area contributed by atoms with Gasteiger partial charge in [-0.05, 0) is 58.2 Å². The van der Waals surface area contributed by atoms with Gasteiger partial charge >= 0.3 is 0 Å². The van der Waals surface area contributed by atoms with E-state index in [9.17, 15) is 23.2 Å². The SMILES string of the molecule is CN[C@@H](C)C(=O)N[C@H](C(=O)N1C[C@@H]2CCCN2CC1C(=O)N[C@@H]1CCOc2ccccc21)C1CCC(F)(F)CC1.Cl.Cl. The number of benzene rings is 1. The highest BCUT2D eigenvalue weighted by atomic mass is 35.5. The molecule has 3 heterocycles. The molecule has 236 valence electrons. The molecule has 1 aromatic carbocycles. The lowest BCUT2D eigenvalue weighted by atomic mass is 9.81. The molecule has 3 fully saturated rings. The van der Waals surface area contributed by atoms with Crippen LogP contribution in [0.4, 0.5) is 8.78 Å². The summed E-state index contributed by atoms with van der Waals surface area (Å²) in [4.78, 5) is 45.0. The number of nitrogens with one attached hydrogen (secondary N) is 3. The van der Waals surface area contributed by atoms with Crippen molar-refractivity contribution >= 4 is 42.5 Å². The molecule has 3 aliphatic heterocycles. The molecule has 3 amide bonds. The molecule has 1 unspecified atom stereocenters. The van der Waals surface area contributed by atoms with Crippen molar-refractivity contribution in [2.75, 3.05) is 33.3 Å². The summed E-state index contributed by atoms with van der Waals surface area (Å²) in [5, 5.41) is 8.92. The quantitative estimate of drug-likeness (QED) is 0.427. The first-order valence-electron chi connectivity index (χ1n) is 14.6. The molecule has 1 saturated carbocycles. The smallest absolute Gasteiger partial charge is 0.248 e. The van der Waals surface area contributed by atoms with Gasteiger partial charge in [0.2, 0.25) is 23.6 Å². The van der Waals surface area contributed by atoms with Gasteiger partial charge in [-0.15, -0.1) is 24.8 Å². The van der Waals surface area contributed by atoms with E-state index in [4.69, 9.17) is 4.74 Å². The average Bonchev–Trinajstić information content (AvgIpc) is 3.42. The molecule has 0 radical (unpaired) electrons. The van der Waals surface area contributed by atoms with E-state index in [-0.39, 0.29) is 80.3 Å². The minimum Gasteiger partial charge on any atom is -0.493 e. The van der Waals surface area contributed by atoms with E-state index in [0.717, 1.165) is 30.7 Å². The van der Waals surface area contributed by atoms with E-state index >= 15 is 0 Å². The van der Waals surface area contributed by atoms with Crippen LogP contribution in [0.15, 0.2) is 24.3 Å². The first-order valence-corrected chi connectivity index (χ1v) is 14.6. The van der Waals surface area contributed by atoms with Crippen LogP contribution < -0.4 is 20.7 Å². The van der Waals surface area contributed by atoms with E-state index in [0.29, 0.717) is 26.1 Å². The number of fused-ring (bicyclic) bond motifs is 2. The number of carbonyl (C=O) groups is 3. The second-order valence-corrected chi connectivity index (χ2v) is 11.7. The zero-order valence-electron chi connectivity index (χ0n) is 24.2. The van der Waals surface area contributed by atoms with Gasteiger partial charge in [-0.1, -0.05) is 18.2 Å². The van der Waals surface area contributed by atoms with Crippen LogP contribution in [0.1, 0.15) is 63.5 Å². The molecule has 2 saturated heterocycles. The molecular weight excluding hydrogens is 591 g/mol. The van der Waals surface area contributed by atoms with E-state index in [1.807, 2.05) is 24.3 Å². The molecular formula is C29H43Cl2F2N5O4. The molecule has 3 N–H and O–H groups in total. The Balaban J connectivity index is 0.00000242. The van der Waals surface area contributed by atoms with Crippen LogP contribution in [0.5, 0.6) is 5.75 Å². The first-order chi connectivity index (χ1) is 19.2. The third kappa shape index (κ3) is 7.46. The van der Waals surface area contributed by atoms with Crippen LogP contribution >= 0.6 is 24.8 Å². The maximum Gasteiger partial charge on any atom is 0.248 e. The van der Waals surface area contributed by atoms with Crippen molar-refractivity contribution in [2.24, 2.45) is 5.92 Å². The summed E-state index contributed by atoms with van der Waals surface area (Å²) in [6.07, 6.45) is 2.17. The molecule has 1 aliphatic carbocycles. The zero-order chi connectivity index (χ0) is 28.4. The first kappa shape index (κ1) is 34.3. The fraction of sp³-hybridized carbons (Fsp3) is 0.690. The Bertz CT molecular complexity index is 1110. The topological polar surface area (TPSA) is 103 Å². The summed E-state index contributed by atoms with van der Waals surface area (Å²) in [6, 6.07) is 5.25. The predicted octanol–water partition coefficient (Wildman–Crippen LogP) is 3.06. The van der Waals surface area contributed by atoms with Crippen LogP contribution in [0.3, 0.4) is 0 Å². The molecule has 4 aliphatic rings. The van der Waals surface area contributed by atoms with Crippen LogP contribution in [0.25, 0.3) is 0 Å². The Morgan fingerprint density at radius 2 is 1.76 bits per heavy atom. The molecule has 42 heavy (non-hydrogen) atoms. The minimum absolute atomic E-state index is 0. The summed E-state index contributed by atoms with van der Waals surface area (Å²) >= 11 is 0. The second kappa shape index (κ2) is 14.5. The number of carbonyl (C=O) groups excluding carboxylic acids is 3. The van der Waals surface area contributed by atoms with Gasteiger partial charge < -0.3 is 25.6 Å². The van der Waals surface area contributed by atoms with E-state index < -0.39 is 30.0 Å². The standard InChI is InChI=1S/C29H41F2N5O4.2ClH/c1-18(32-2)26(37)34-25(19-9-12-29(30,31)13-10-19)28(39)36-16-20-6-5-14-35(20)17-23(36)27(38)33-22-11-15-40-24-8-4-3-7-21(22)24;;/h3-4,7-8,18-20,22-23,25,32H,5-6,9-17H2,1-2H3,(H,33,38)(H,34,37);2*1H/t18-,20-,22+,23?,25-;;/m0../s1. The lowest BCUT2D eigenvalue weighted by molar-refractivity contribution is -0.150. The number of likely N-dealkylation sites (N-methyl/N-ethyl adjacent to an activating group) is 1. The van der Waals surface area contributed by atoms with Crippen molar-refractivity contribution in [1.29, 1.82) is 0 Å². The van der Waals surface area contributed by atoms with Crippen molar-refractivity contribution in [2.45, 2.75) is 88.0 Å². The zero-order valence-corrected chi connectivity index (χ0v) is 25.8. The molecule has 5 atom stereocenters. The number of para-hydroxylation sites is 1. The van der Waals surface area contributed by atoms with Gasteiger partial charge in [0.25, 0.3) is 0 Å². The molecule has 0 spiro atoms. The fourth-order valence-electron chi connectivity index (χ4n) is 6.61. The molecule has 5 rings (SSSR count). The number of hydrogen-bond donors (Lipinski definition) is 3. The number of halogens is 4. The van der Waals surface area contributed by atoms with Crippen molar-refractivity contribution in [3.05, 3.63) is 29.8 Å². The van der Waals surface area contributed by atoms with Gasteiger partial charge in [0.05, 0.1) is 18.7 Å². The van der Waals surface area contributed by atoms with Gasteiger partial charge in [-0.25, -0.2) is 8.78 Å². The van der Waals surface area contributed by atoms with Gasteiger partial charge in [-0.3, -0.25) is 19.3 Å². The van der Waals surface area contributed by atoms with Crippen LogP contribution in [0.2, 0.25) is 0 Å². The van der Waals surface area contributed by atoms with E-state index in [2.05, 4.69) is 20.9 Å². The highest BCUT2D eigenvalue weighted by Crippen LogP contribution is 2.38. The molecule has 0 aromatic heterocycles. The Morgan fingerprint density at radius 3 is 2.48 bits per heavy atom. The van der Waals surface area contributed by atoms with E-state index in [1.165, 1.54) is 0 Å². The average molecular weight is 635 g/mol. The predicted molar refractivity (Wildman–Crippen MR) is 159 cm³/mol. The number of nitrogens with zero attached hydrogens (tertiary/aromatic N) is 2. The summed E-state index contributed by atoms with van der Waals surface area (Å²) < 4.78 is 33.8. The second-order valence-electron chi connectivity index (χ2n) is 11.7. The van der Waals surface area contributed by atoms with Crippen LogP contribution in [0, 0.1) is 5.92 Å². The van der Waals surface area contributed by atoms with Crippen LogP contribution in [-0.4, -0.2) is 90.9 Å². The number of rotatable bonds is 7. The number of ether oxygens (including phenoxy) is 1. The Labute approximate surface area is 258 Å². The summed E-state index contributed by atoms with van der Waals surface area (Å²) in [5.74, 6) is -3.41. The van der Waals surface area contributed by atoms with Crippen molar-refractivity contribution in [3.8, 4) is 5.75 Å². The summed E-state index contributed by atoms with van der Waals surface area (Å²) in [7, 11) is 1.65. The van der Waals surface area contributed by atoms with Crippen LogP contribution in [-0.2, 0) is 14.4 Å². The third-order valence-corrected chi connectivity index (χ3v) is 9.17. The van der Waals surface area contributed by atoms with Crippen molar-refractivity contribution < 1.29 is 27.9 Å².